The average molecular weight is 381 g/mol. The zero-order valence-electron chi connectivity index (χ0n) is 14.3. The van der Waals surface area contributed by atoms with Gasteiger partial charge in [0.2, 0.25) is 0 Å². The van der Waals surface area contributed by atoms with Crippen molar-refractivity contribution in [2.45, 2.75) is 6.92 Å². The van der Waals surface area contributed by atoms with E-state index in [1.165, 1.54) is 17.4 Å². The molecule has 0 unspecified atom stereocenters. The van der Waals surface area contributed by atoms with E-state index in [0.29, 0.717) is 27.4 Å². The fourth-order valence-electron chi connectivity index (χ4n) is 2.39. The minimum Gasteiger partial charge on any atom is -0.322 e. The molecule has 0 atom stereocenters. The zero-order chi connectivity index (χ0) is 19.4. The molecule has 27 heavy (non-hydrogen) atoms. The van der Waals surface area contributed by atoms with E-state index in [1.54, 1.807) is 55.5 Å². The minimum atomic E-state index is -0.490. The lowest BCUT2D eigenvalue weighted by molar-refractivity contribution is -0.385. The molecule has 1 heterocycles. The van der Waals surface area contributed by atoms with Crippen molar-refractivity contribution in [3.8, 4) is 0 Å². The third-order valence-electron chi connectivity index (χ3n) is 3.81. The van der Waals surface area contributed by atoms with Crippen molar-refractivity contribution in [3.05, 3.63) is 86.1 Å². The molecule has 2 amide bonds. The Morgan fingerprint density at radius 3 is 2.26 bits per heavy atom. The van der Waals surface area contributed by atoms with Crippen LogP contribution in [0.5, 0.6) is 0 Å². The summed E-state index contributed by atoms with van der Waals surface area (Å²) in [4.78, 5) is 35.5. The van der Waals surface area contributed by atoms with Gasteiger partial charge in [-0.2, -0.15) is 0 Å². The van der Waals surface area contributed by atoms with Gasteiger partial charge in [-0.1, -0.05) is 12.1 Å². The number of anilines is 2. The highest BCUT2D eigenvalue weighted by atomic mass is 32.1. The normalized spacial score (nSPS) is 10.3. The number of hydrogen-bond donors (Lipinski definition) is 2. The molecule has 0 spiro atoms. The lowest BCUT2D eigenvalue weighted by Gasteiger charge is -2.08. The van der Waals surface area contributed by atoms with E-state index in [0.717, 1.165) is 0 Å². The van der Waals surface area contributed by atoms with Crippen LogP contribution < -0.4 is 10.6 Å². The van der Waals surface area contributed by atoms with Gasteiger partial charge in [-0.15, -0.1) is 11.3 Å². The van der Waals surface area contributed by atoms with Crippen LogP contribution >= 0.6 is 11.3 Å². The number of carbonyl (C=O) groups is 2. The van der Waals surface area contributed by atoms with Crippen LogP contribution in [-0.4, -0.2) is 16.7 Å². The first-order chi connectivity index (χ1) is 12.9. The molecule has 0 saturated carbocycles. The number of hydrogen-bond acceptors (Lipinski definition) is 5. The molecule has 3 rings (SSSR count). The van der Waals surface area contributed by atoms with Crippen LogP contribution in [0.15, 0.2) is 60.0 Å². The number of nitrogens with one attached hydrogen (secondary N) is 2. The van der Waals surface area contributed by atoms with Crippen molar-refractivity contribution in [3.63, 3.8) is 0 Å². The first kappa shape index (κ1) is 18.3. The molecule has 0 bridgehead atoms. The molecule has 0 aliphatic rings. The third kappa shape index (κ3) is 4.36. The molecule has 2 aromatic carbocycles. The predicted octanol–water partition coefficient (Wildman–Crippen LogP) is 4.47. The van der Waals surface area contributed by atoms with Crippen molar-refractivity contribution in [2.24, 2.45) is 0 Å². The number of aryl methyl sites for hydroxylation is 1. The maximum atomic E-state index is 12.3. The van der Waals surface area contributed by atoms with Gasteiger partial charge in [-0.25, -0.2) is 0 Å². The zero-order valence-corrected chi connectivity index (χ0v) is 15.1. The van der Waals surface area contributed by atoms with Crippen LogP contribution in [0.2, 0.25) is 0 Å². The number of benzene rings is 2. The van der Waals surface area contributed by atoms with Gasteiger partial charge in [0.1, 0.15) is 0 Å². The van der Waals surface area contributed by atoms with E-state index in [9.17, 15) is 19.7 Å². The van der Waals surface area contributed by atoms with Crippen molar-refractivity contribution in [2.75, 3.05) is 10.6 Å². The highest BCUT2D eigenvalue weighted by Crippen LogP contribution is 2.23. The summed E-state index contributed by atoms with van der Waals surface area (Å²) in [7, 11) is 0. The van der Waals surface area contributed by atoms with Gasteiger partial charge in [-0.05, 0) is 48.7 Å². The molecule has 7 nitrogen and oxygen atoms in total. The lowest BCUT2D eigenvalue weighted by Crippen LogP contribution is -2.13. The number of nitro groups is 1. The van der Waals surface area contributed by atoms with E-state index in [-0.39, 0.29) is 11.6 Å². The lowest BCUT2D eigenvalue weighted by atomic mass is 10.1. The van der Waals surface area contributed by atoms with Crippen LogP contribution in [-0.2, 0) is 0 Å². The second kappa shape index (κ2) is 7.79. The van der Waals surface area contributed by atoms with Crippen molar-refractivity contribution < 1.29 is 14.5 Å². The quantitative estimate of drug-likeness (QED) is 0.503. The molecule has 2 N–H and O–H groups in total. The van der Waals surface area contributed by atoms with Gasteiger partial charge < -0.3 is 10.6 Å². The van der Waals surface area contributed by atoms with Gasteiger partial charge in [0.25, 0.3) is 17.5 Å². The van der Waals surface area contributed by atoms with Crippen LogP contribution in [0.4, 0.5) is 17.1 Å². The highest BCUT2D eigenvalue weighted by Gasteiger charge is 2.13. The molecule has 0 fully saturated rings. The van der Waals surface area contributed by atoms with Gasteiger partial charge in [0.05, 0.1) is 9.80 Å². The summed E-state index contributed by atoms with van der Waals surface area (Å²) < 4.78 is 0. The Bertz CT molecular complexity index is 998. The Morgan fingerprint density at radius 2 is 1.63 bits per heavy atom. The first-order valence-corrected chi connectivity index (χ1v) is 8.83. The summed E-state index contributed by atoms with van der Waals surface area (Å²) in [5, 5.41) is 18.2. The number of thiophene rings is 1. The maximum absolute atomic E-state index is 12.3. The number of nitrogens with zero attached hydrogens (tertiary/aromatic N) is 1. The molecule has 0 aliphatic carbocycles. The van der Waals surface area contributed by atoms with E-state index in [4.69, 9.17) is 0 Å². The minimum absolute atomic E-state index is 0.0561. The summed E-state index contributed by atoms with van der Waals surface area (Å²) >= 11 is 1.34. The van der Waals surface area contributed by atoms with E-state index in [1.807, 2.05) is 5.38 Å². The Morgan fingerprint density at radius 1 is 0.963 bits per heavy atom. The third-order valence-corrected chi connectivity index (χ3v) is 4.68. The molecule has 0 saturated heterocycles. The van der Waals surface area contributed by atoms with Gasteiger partial charge >= 0.3 is 0 Å². The molecule has 1 aromatic heterocycles. The smallest absolute Gasteiger partial charge is 0.274 e. The van der Waals surface area contributed by atoms with E-state index in [2.05, 4.69) is 10.6 Å². The van der Waals surface area contributed by atoms with Crippen molar-refractivity contribution in [1.82, 2.24) is 0 Å². The van der Waals surface area contributed by atoms with Crippen molar-refractivity contribution in [1.29, 1.82) is 0 Å². The molecular formula is C19H15N3O4S. The van der Waals surface area contributed by atoms with Crippen LogP contribution in [0.3, 0.4) is 0 Å². The topological polar surface area (TPSA) is 101 Å². The Kier molecular flexibility index (Phi) is 5.28. The largest absolute Gasteiger partial charge is 0.322 e. The standard InChI is InChI=1S/C19H15N3O4S/c1-12-4-7-15(11-16(12)22(25)26)21-18(23)13-5-8-14(9-6-13)20-19(24)17-3-2-10-27-17/h2-11H,1H3,(H,20,24)(H,21,23). The van der Waals surface area contributed by atoms with E-state index < -0.39 is 10.8 Å². The van der Waals surface area contributed by atoms with E-state index >= 15 is 0 Å². The first-order valence-electron chi connectivity index (χ1n) is 7.95. The monoisotopic (exact) mass is 381 g/mol. The average Bonchev–Trinajstić information content (AvgIpc) is 3.18. The second-order valence-electron chi connectivity index (χ2n) is 5.72. The Balaban J connectivity index is 1.68. The van der Waals surface area contributed by atoms with Gasteiger partial charge in [0.15, 0.2) is 0 Å². The summed E-state index contributed by atoms with van der Waals surface area (Å²) in [6.45, 7) is 1.63. The Hall–Kier alpha value is -3.52. The second-order valence-corrected chi connectivity index (χ2v) is 6.67. The molecule has 136 valence electrons. The summed E-state index contributed by atoms with van der Waals surface area (Å²) in [5.41, 5.74) is 1.74. The predicted molar refractivity (Wildman–Crippen MR) is 105 cm³/mol. The van der Waals surface area contributed by atoms with Gasteiger partial charge in [0, 0.05) is 28.6 Å². The number of nitro benzene ring substituents is 1. The van der Waals surface area contributed by atoms with Crippen molar-refractivity contribution >= 4 is 40.2 Å². The molecular weight excluding hydrogens is 366 g/mol. The number of amides is 2. The van der Waals surface area contributed by atoms with Crippen LogP contribution in [0.1, 0.15) is 25.6 Å². The van der Waals surface area contributed by atoms with Gasteiger partial charge in [-0.3, -0.25) is 19.7 Å². The fourth-order valence-corrected chi connectivity index (χ4v) is 3.01. The number of carbonyl (C=O) groups excluding carboxylic acids is 2. The van der Waals surface area contributed by atoms with Crippen LogP contribution in [0.25, 0.3) is 0 Å². The Labute approximate surface area is 158 Å². The molecule has 3 aromatic rings. The summed E-state index contributed by atoms with van der Waals surface area (Å²) in [6.07, 6.45) is 0. The molecule has 0 aliphatic heterocycles. The highest BCUT2D eigenvalue weighted by molar-refractivity contribution is 7.12. The molecule has 8 heteroatoms. The maximum Gasteiger partial charge on any atom is 0.274 e. The molecule has 0 radical (unpaired) electrons. The fraction of sp³-hybridized carbons (Fsp3) is 0.0526. The SMILES string of the molecule is Cc1ccc(NC(=O)c2ccc(NC(=O)c3cccs3)cc2)cc1[N+](=O)[O-]. The number of rotatable bonds is 5. The summed E-state index contributed by atoms with van der Waals surface area (Å²) in [6, 6.07) is 14.4. The summed E-state index contributed by atoms with van der Waals surface area (Å²) in [5.74, 6) is -0.613. The van der Waals surface area contributed by atoms with Crippen LogP contribution in [0, 0.1) is 17.0 Å².